The van der Waals surface area contributed by atoms with Crippen LogP contribution in [0.2, 0.25) is 10.0 Å². The Morgan fingerprint density at radius 2 is 1.68 bits per heavy atom. The average Bonchev–Trinajstić information content (AvgIpc) is 3.36. The number of hydrogen-bond acceptors (Lipinski definition) is 6. The van der Waals surface area contributed by atoms with E-state index in [9.17, 15) is 13.2 Å². The number of alkyl halides is 3. The van der Waals surface area contributed by atoms with Crippen LogP contribution in [0.3, 0.4) is 0 Å². The summed E-state index contributed by atoms with van der Waals surface area (Å²) in [5, 5.41) is 12.2. The lowest BCUT2D eigenvalue weighted by Crippen LogP contribution is -2.24. The monoisotopic (exact) mass is 580 g/mol. The number of aromatic nitrogens is 3. The number of nitrogens with zero attached hydrogens (tertiary/aromatic N) is 4. The maximum Gasteiger partial charge on any atom is 0.573 e. The summed E-state index contributed by atoms with van der Waals surface area (Å²) < 4.78 is 47.4. The molecule has 0 spiro atoms. The van der Waals surface area contributed by atoms with E-state index < -0.39 is 6.36 Å². The summed E-state index contributed by atoms with van der Waals surface area (Å²) in [7, 11) is 1.51. The van der Waals surface area contributed by atoms with E-state index in [0.717, 1.165) is 11.1 Å². The van der Waals surface area contributed by atoms with Crippen molar-refractivity contribution in [3.8, 4) is 28.6 Å². The minimum atomic E-state index is -4.75. The van der Waals surface area contributed by atoms with E-state index in [1.807, 2.05) is 0 Å². The minimum Gasteiger partial charge on any atom is -0.497 e. The van der Waals surface area contributed by atoms with Crippen molar-refractivity contribution < 1.29 is 22.6 Å². The predicted octanol–water partition coefficient (Wildman–Crippen LogP) is 6.47. The molecule has 0 unspecified atom stereocenters. The Morgan fingerprint density at radius 1 is 1.03 bits per heavy atom. The van der Waals surface area contributed by atoms with E-state index in [0.29, 0.717) is 33.0 Å². The van der Waals surface area contributed by atoms with Crippen molar-refractivity contribution in [3.05, 3.63) is 82.6 Å². The molecule has 196 valence electrons. The van der Waals surface area contributed by atoms with Gasteiger partial charge in [0.2, 0.25) is 0 Å². The summed E-state index contributed by atoms with van der Waals surface area (Å²) in [5.41, 5.74) is 5.13. The molecule has 4 aromatic rings. The molecule has 0 saturated carbocycles. The molecule has 0 radical (unpaired) electrons. The quantitative estimate of drug-likeness (QED) is 0.147. The van der Waals surface area contributed by atoms with Gasteiger partial charge in [0.25, 0.3) is 0 Å². The number of benzene rings is 3. The van der Waals surface area contributed by atoms with E-state index in [-0.39, 0.29) is 10.9 Å². The van der Waals surface area contributed by atoms with Crippen LogP contribution in [-0.2, 0) is 0 Å². The molecular weight excluding hydrogens is 564 g/mol. The van der Waals surface area contributed by atoms with Crippen LogP contribution in [0.15, 0.2) is 72.1 Å². The van der Waals surface area contributed by atoms with E-state index in [2.05, 4.69) is 30.7 Å². The zero-order valence-electron chi connectivity index (χ0n) is 19.3. The summed E-state index contributed by atoms with van der Waals surface area (Å²) >= 11 is 17.6. The van der Waals surface area contributed by atoms with Gasteiger partial charge in [-0.15, -0.1) is 18.3 Å². The Balaban J connectivity index is 1.35. The zero-order valence-corrected chi connectivity index (χ0v) is 21.7. The van der Waals surface area contributed by atoms with Crippen molar-refractivity contribution in [2.75, 3.05) is 12.4 Å². The fourth-order valence-electron chi connectivity index (χ4n) is 3.13. The van der Waals surface area contributed by atoms with E-state index in [1.54, 1.807) is 42.6 Å². The van der Waals surface area contributed by atoms with Crippen molar-refractivity contribution in [1.82, 2.24) is 20.2 Å². The second-order valence-electron chi connectivity index (χ2n) is 7.47. The molecule has 1 aromatic heterocycles. The standard InChI is InChI=1S/C24H17Cl2F3N6O2S/c1-36-18-10-19(25)21(20(26)11-18)32-23(38)33-31-12-14-2-4-15(5-3-14)22-30-13-35(34-22)16-6-8-17(9-7-16)37-24(27,28)29/h2-13H,1H3,(H2,32,33,38)/b31-12+. The largest absolute Gasteiger partial charge is 0.573 e. The highest BCUT2D eigenvalue weighted by atomic mass is 35.5. The Labute approximate surface area is 230 Å². The van der Waals surface area contributed by atoms with Crippen LogP contribution >= 0.6 is 35.4 Å². The first-order chi connectivity index (χ1) is 18.1. The second-order valence-corrected chi connectivity index (χ2v) is 8.69. The summed E-state index contributed by atoms with van der Waals surface area (Å²) in [6.45, 7) is 0. The van der Waals surface area contributed by atoms with E-state index in [4.69, 9.17) is 40.2 Å². The molecule has 1 heterocycles. The molecule has 8 nitrogen and oxygen atoms in total. The predicted molar refractivity (Wildman–Crippen MR) is 143 cm³/mol. The number of thiocarbonyl (C=S) groups is 1. The first-order valence-corrected chi connectivity index (χ1v) is 11.8. The SMILES string of the molecule is COc1cc(Cl)c(NC(=S)N/N=C/c2ccc(-c3ncn(-c4ccc(OC(F)(F)F)cc4)n3)cc2)c(Cl)c1. The van der Waals surface area contributed by atoms with Gasteiger partial charge in [-0.1, -0.05) is 47.5 Å². The summed E-state index contributed by atoms with van der Waals surface area (Å²) in [4.78, 5) is 4.26. The molecule has 0 amide bonds. The molecule has 0 aliphatic heterocycles. The highest BCUT2D eigenvalue weighted by molar-refractivity contribution is 7.80. The highest BCUT2D eigenvalue weighted by Gasteiger charge is 2.31. The van der Waals surface area contributed by atoms with Gasteiger partial charge in [-0.25, -0.2) is 9.67 Å². The maximum absolute atomic E-state index is 12.3. The van der Waals surface area contributed by atoms with Crippen molar-refractivity contribution >= 4 is 52.4 Å². The molecule has 0 fully saturated rings. The molecule has 0 aliphatic rings. The zero-order chi connectivity index (χ0) is 27.3. The van der Waals surface area contributed by atoms with Crippen LogP contribution in [0, 0.1) is 0 Å². The number of hydrazone groups is 1. The van der Waals surface area contributed by atoms with Gasteiger partial charge in [-0.05, 0) is 42.0 Å². The first-order valence-electron chi connectivity index (χ1n) is 10.6. The van der Waals surface area contributed by atoms with E-state index in [1.165, 1.54) is 42.4 Å². The maximum atomic E-state index is 12.3. The van der Waals surface area contributed by atoms with Crippen LogP contribution in [-0.4, -0.2) is 39.6 Å². The highest BCUT2D eigenvalue weighted by Crippen LogP contribution is 2.34. The van der Waals surface area contributed by atoms with Crippen molar-refractivity contribution in [2.24, 2.45) is 5.10 Å². The van der Waals surface area contributed by atoms with E-state index >= 15 is 0 Å². The lowest BCUT2D eigenvalue weighted by Gasteiger charge is -2.12. The normalized spacial score (nSPS) is 11.4. The van der Waals surface area contributed by atoms with Gasteiger partial charge in [0, 0.05) is 17.7 Å². The van der Waals surface area contributed by atoms with Gasteiger partial charge in [0.05, 0.1) is 34.7 Å². The van der Waals surface area contributed by atoms with Crippen LogP contribution < -0.4 is 20.2 Å². The molecule has 0 bridgehead atoms. The molecule has 0 aliphatic carbocycles. The smallest absolute Gasteiger partial charge is 0.497 e. The lowest BCUT2D eigenvalue weighted by atomic mass is 10.1. The van der Waals surface area contributed by atoms with Crippen LogP contribution in [0.5, 0.6) is 11.5 Å². The average molecular weight is 581 g/mol. The van der Waals surface area contributed by atoms with Crippen LogP contribution in [0.25, 0.3) is 17.1 Å². The molecule has 0 saturated heterocycles. The molecule has 38 heavy (non-hydrogen) atoms. The molecule has 4 rings (SSSR count). The third-order valence-electron chi connectivity index (χ3n) is 4.87. The van der Waals surface area contributed by atoms with Gasteiger partial charge in [0.15, 0.2) is 10.9 Å². The minimum absolute atomic E-state index is 0.180. The molecule has 3 aromatic carbocycles. The molecular formula is C24H17Cl2F3N6O2S. The first kappa shape index (κ1) is 27.2. The number of anilines is 1. The van der Waals surface area contributed by atoms with Gasteiger partial charge in [-0.3, -0.25) is 5.43 Å². The Bertz CT molecular complexity index is 1440. The number of rotatable bonds is 7. The van der Waals surface area contributed by atoms with Gasteiger partial charge in [0.1, 0.15) is 17.8 Å². The number of nitrogens with one attached hydrogen (secondary N) is 2. The fraction of sp³-hybridized carbons (Fsp3) is 0.0833. The van der Waals surface area contributed by atoms with Crippen molar-refractivity contribution in [1.29, 1.82) is 0 Å². The summed E-state index contributed by atoms with van der Waals surface area (Å²) in [6.07, 6.45) is -1.73. The third kappa shape index (κ3) is 7.12. The Hall–Kier alpha value is -3.87. The lowest BCUT2D eigenvalue weighted by molar-refractivity contribution is -0.274. The number of hydrogen-bond donors (Lipinski definition) is 2. The molecule has 14 heteroatoms. The second kappa shape index (κ2) is 11.7. The van der Waals surface area contributed by atoms with Gasteiger partial charge < -0.3 is 14.8 Å². The Kier molecular flexibility index (Phi) is 8.35. The van der Waals surface area contributed by atoms with Crippen molar-refractivity contribution in [3.63, 3.8) is 0 Å². The molecule has 2 N–H and O–H groups in total. The third-order valence-corrected chi connectivity index (χ3v) is 5.65. The number of ether oxygens (including phenoxy) is 2. The summed E-state index contributed by atoms with van der Waals surface area (Å²) in [5.74, 6) is 0.625. The van der Waals surface area contributed by atoms with Crippen LogP contribution in [0.4, 0.5) is 18.9 Å². The van der Waals surface area contributed by atoms with Gasteiger partial charge in [-0.2, -0.15) is 5.10 Å². The van der Waals surface area contributed by atoms with Gasteiger partial charge >= 0.3 is 6.36 Å². The van der Waals surface area contributed by atoms with Crippen LogP contribution in [0.1, 0.15) is 5.56 Å². The summed E-state index contributed by atoms with van der Waals surface area (Å²) in [6, 6.07) is 15.7. The fourth-order valence-corrected chi connectivity index (χ4v) is 3.85. The molecule has 0 atom stereocenters. The number of halogens is 5. The Morgan fingerprint density at radius 3 is 2.29 bits per heavy atom. The number of methoxy groups -OCH3 is 1. The van der Waals surface area contributed by atoms with Crippen molar-refractivity contribution in [2.45, 2.75) is 6.36 Å². The topological polar surface area (TPSA) is 85.6 Å².